The van der Waals surface area contributed by atoms with E-state index in [0.29, 0.717) is 16.6 Å². The maximum absolute atomic E-state index is 11.2. The standard InChI is InChI=1S/C12H10N4O4/c13-11(9-3-4-10(20-9)16(18)19)6-1-2-7-8(5-6)15-12(17)14-7/h1-5,11H,13H2,(H2,14,15,17). The molecular weight excluding hydrogens is 264 g/mol. The maximum atomic E-state index is 11.2. The van der Waals surface area contributed by atoms with Crippen LogP contribution in [0.25, 0.3) is 11.0 Å². The van der Waals surface area contributed by atoms with Gasteiger partial charge in [0.25, 0.3) is 0 Å². The van der Waals surface area contributed by atoms with Gasteiger partial charge in [-0.25, -0.2) is 4.79 Å². The Morgan fingerprint density at radius 2 is 1.95 bits per heavy atom. The predicted octanol–water partition coefficient (Wildman–Crippen LogP) is 1.41. The number of rotatable bonds is 3. The molecule has 3 rings (SSSR count). The van der Waals surface area contributed by atoms with Gasteiger partial charge in [-0.1, -0.05) is 6.07 Å². The fourth-order valence-corrected chi connectivity index (χ4v) is 2.02. The molecule has 0 fully saturated rings. The predicted molar refractivity (Wildman–Crippen MR) is 70.3 cm³/mol. The first-order valence-electron chi connectivity index (χ1n) is 5.76. The summed E-state index contributed by atoms with van der Waals surface area (Å²) in [6, 6.07) is 7.21. The molecule has 0 saturated carbocycles. The van der Waals surface area contributed by atoms with Crippen molar-refractivity contribution in [2.75, 3.05) is 0 Å². The van der Waals surface area contributed by atoms with Crippen LogP contribution >= 0.6 is 0 Å². The molecule has 2 heterocycles. The molecule has 20 heavy (non-hydrogen) atoms. The van der Waals surface area contributed by atoms with Crippen molar-refractivity contribution >= 4 is 16.9 Å². The summed E-state index contributed by atoms with van der Waals surface area (Å²) in [5.74, 6) is -0.0690. The smallest absolute Gasteiger partial charge is 0.404 e. The lowest BCUT2D eigenvalue weighted by Crippen LogP contribution is -2.10. The first-order valence-corrected chi connectivity index (χ1v) is 5.76. The zero-order chi connectivity index (χ0) is 14.3. The van der Waals surface area contributed by atoms with Crippen LogP contribution in [0, 0.1) is 10.1 Å². The molecule has 0 saturated heterocycles. The van der Waals surface area contributed by atoms with Gasteiger partial charge < -0.3 is 20.1 Å². The first-order chi connectivity index (χ1) is 9.54. The van der Waals surface area contributed by atoms with Crippen molar-refractivity contribution in [1.29, 1.82) is 0 Å². The minimum Gasteiger partial charge on any atom is -0.404 e. The molecule has 1 atom stereocenters. The Morgan fingerprint density at radius 3 is 2.65 bits per heavy atom. The van der Waals surface area contributed by atoms with E-state index in [1.807, 2.05) is 0 Å². The van der Waals surface area contributed by atoms with E-state index >= 15 is 0 Å². The molecule has 8 nitrogen and oxygen atoms in total. The molecule has 0 bridgehead atoms. The highest BCUT2D eigenvalue weighted by atomic mass is 16.6. The Morgan fingerprint density at radius 1 is 1.20 bits per heavy atom. The van der Waals surface area contributed by atoms with E-state index < -0.39 is 11.0 Å². The Labute approximate surface area is 111 Å². The highest BCUT2D eigenvalue weighted by molar-refractivity contribution is 5.75. The van der Waals surface area contributed by atoms with Gasteiger partial charge in [0.15, 0.2) is 0 Å². The number of hydrogen-bond donors (Lipinski definition) is 3. The van der Waals surface area contributed by atoms with Gasteiger partial charge in [-0.3, -0.25) is 10.1 Å². The molecule has 4 N–H and O–H groups in total. The van der Waals surface area contributed by atoms with Crippen LogP contribution in [0.1, 0.15) is 17.4 Å². The quantitative estimate of drug-likeness (QED) is 0.490. The Bertz CT molecular complexity index is 844. The molecule has 102 valence electrons. The number of benzene rings is 1. The lowest BCUT2D eigenvalue weighted by molar-refractivity contribution is -0.402. The van der Waals surface area contributed by atoms with Crippen LogP contribution < -0.4 is 11.4 Å². The number of H-pyrrole nitrogens is 2. The van der Waals surface area contributed by atoms with E-state index in [1.54, 1.807) is 18.2 Å². The number of fused-ring (bicyclic) bond motifs is 1. The second kappa shape index (κ2) is 4.35. The molecule has 0 radical (unpaired) electrons. The van der Waals surface area contributed by atoms with Crippen LogP contribution in [0.5, 0.6) is 0 Å². The zero-order valence-electron chi connectivity index (χ0n) is 10.1. The number of nitrogens with two attached hydrogens (primary N) is 1. The average molecular weight is 274 g/mol. The van der Waals surface area contributed by atoms with Crippen LogP contribution in [-0.4, -0.2) is 14.9 Å². The van der Waals surface area contributed by atoms with E-state index in [0.717, 1.165) is 0 Å². The number of furan rings is 1. The van der Waals surface area contributed by atoms with Crippen LogP contribution in [0.4, 0.5) is 5.88 Å². The third-order valence-corrected chi connectivity index (χ3v) is 3.00. The van der Waals surface area contributed by atoms with Crippen molar-refractivity contribution in [3.8, 4) is 0 Å². The number of imidazole rings is 1. The number of nitro groups is 1. The fraction of sp³-hybridized carbons (Fsp3) is 0.0833. The summed E-state index contributed by atoms with van der Waals surface area (Å²) in [6.07, 6.45) is 0. The summed E-state index contributed by atoms with van der Waals surface area (Å²) in [5.41, 5.74) is 7.66. The summed E-state index contributed by atoms with van der Waals surface area (Å²) in [5, 5.41) is 10.6. The SMILES string of the molecule is NC(c1ccc2[nH]c(=O)[nH]c2c1)c1ccc([N+](=O)[O-])o1. The van der Waals surface area contributed by atoms with Crippen molar-refractivity contribution in [2.45, 2.75) is 6.04 Å². The van der Waals surface area contributed by atoms with E-state index in [1.165, 1.54) is 12.1 Å². The van der Waals surface area contributed by atoms with E-state index in [-0.39, 0.29) is 17.3 Å². The van der Waals surface area contributed by atoms with Crippen LogP contribution in [-0.2, 0) is 0 Å². The molecule has 0 spiro atoms. The topological polar surface area (TPSA) is 131 Å². The Hall–Kier alpha value is -2.87. The van der Waals surface area contributed by atoms with Gasteiger partial charge in [-0.15, -0.1) is 0 Å². The van der Waals surface area contributed by atoms with Gasteiger partial charge in [-0.05, 0) is 23.8 Å². The van der Waals surface area contributed by atoms with Gasteiger partial charge in [0.05, 0.1) is 23.1 Å². The lowest BCUT2D eigenvalue weighted by atomic mass is 10.1. The van der Waals surface area contributed by atoms with Crippen LogP contribution in [0.15, 0.2) is 39.5 Å². The van der Waals surface area contributed by atoms with Crippen molar-refractivity contribution in [2.24, 2.45) is 5.73 Å². The fourth-order valence-electron chi connectivity index (χ4n) is 2.02. The molecular formula is C12H10N4O4. The van der Waals surface area contributed by atoms with Crippen LogP contribution in [0.2, 0.25) is 0 Å². The number of nitrogens with zero attached hydrogens (tertiary/aromatic N) is 1. The van der Waals surface area contributed by atoms with Crippen molar-refractivity contribution < 1.29 is 9.34 Å². The zero-order valence-corrected chi connectivity index (χ0v) is 10.1. The summed E-state index contributed by atoms with van der Waals surface area (Å²) in [4.78, 5) is 26.4. The number of hydrogen-bond acceptors (Lipinski definition) is 5. The summed E-state index contributed by atoms with van der Waals surface area (Å²) >= 11 is 0. The first kappa shape index (κ1) is 12.2. The third kappa shape index (κ3) is 1.97. The molecule has 0 aliphatic heterocycles. The molecule has 2 aromatic heterocycles. The molecule has 3 aromatic rings. The molecule has 8 heteroatoms. The van der Waals surface area contributed by atoms with Crippen molar-refractivity contribution in [3.05, 3.63) is 62.3 Å². The monoisotopic (exact) mass is 274 g/mol. The van der Waals surface area contributed by atoms with E-state index in [2.05, 4.69) is 9.97 Å². The maximum Gasteiger partial charge on any atom is 0.433 e. The van der Waals surface area contributed by atoms with Gasteiger partial charge in [0.1, 0.15) is 10.7 Å². The number of aromatic amines is 2. The second-order valence-electron chi connectivity index (χ2n) is 4.29. The van der Waals surface area contributed by atoms with Crippen molar-refractivity contribution in [3.63, 3.8) is 0 Å². The summed E-state index contributed by atoms with van der Waals surface area (Å²) in [7, 11) is 0. The molecule has 1 aromatic carbocycles. The highest BCUT2D eigenvalue weighted by Gasteiger charge is 2.18. The van der Waals surface area contributed by atoms with Gasteiger partial charge >= 0.3 is 11.6 Å². The highest BCUT2D eigenvalue weighted by Crippen LogP contribution is 2.26. The largest absolute Gasteiger partial charge is 0.433 e. The molecule has 0 aliphatic rings. The molecule has 0 aliphatic carbocycles. The van der Waals surface area contributed by atoms with Gasteiger partial charge in [0.2, 0.25) is 0 Å². The number of nitrogens with one attached hydrogen (secondary N) is 2. The van der Waals surface area contributed by atoms with E-state index in [4.69, 9.17) is 10.2 Å². The summed E-state index contributed by atoms with van der Waals surface area (Å²) in [6.45, 7) is 0. The summed E-state index contributed by atoms with van der Waals surface area (Å²) < 4.78 is 5.07. The van der Waals surface area contributed by atoms with Crippen molar-refractivity contribution in [1.82, 2.24) is 9.97 Å². The average Bonchev–Trinajstić information content (AvgIpc) is 3.02. The molecule has 0 amide bonds. The minimum absolute atomic E-state index is 0.286. The number of aromatic nitrogens is 2. The second-order valence-corrected chi connectivity index (χ2v) is 4.29. The third-order valence-electron chi connectivity index (χ3n) is 3.00. The minimum atomic E-state index is -0.647. The van der Waals surface area contributed by atoms with Crippen LogP contribution in [0.3, 0.4) is 0 Å². The Kier molecular flexibility index (Phi) is 2.65. The normalized spacial score (nSPS) is 12.7. The molecule has 1 unspecified atom stereocenters. The lowest BCUT2D eigenvalue weighted by Gasteiger charge is -2.08. The Balaban J connectivity index is 1.99. The van der Waals surface area contributed by atoms with Gasteiger partial charge in [0, 0.05) is 0 Å². The van der Waals surface area contributed by atoms with Gasteiger partial charge in [-0.2, -0.15) is 0 Å². The van der Waals surface area contributed by atoms with E-state index in [9.17, 15) is 14.9 Å².